The van der Waals surface area contributed by atoms with E-state index < -0.39 is 0 Å². The first-order chi connectivity index (χ1) is 12.2. The highest BCUT2D eigenvalue weighted by Gasteiger charge is 2.09. The van der Waals surface area contributed by atoms with Crippen molar-refractivity contribution in [1.29, 1.82) is 0 Å². The minimum Gasteiger partial charge on any atom is -0.494 e. The van der Waals surface area contributed by atoms with E-state index in [4.69, 9.17) is 9.47 Å². The summed E-state index contributed by atoms with van der Waals surface area (Å²) in [5.74, 6) is 1.01. The number of aryl methyl sites for hydroxylation is 1. The molecule has 0 bridgehead atoms. The van der Waals surface area contributed by atoms with Crippen LogP contribution in [0.2, 0.25) is 0 Å². The van der Waals surface area contributed by atoms with Gasteiger partial charge in [-0.15, -0.1) is 0 Å². The summed E-state index contributed by atoms with van der Waals surface area (Å²) < 4.78 is 11.0. The molecule has 0 aliphatic heterocycles. The van der Waals surface area contributed by atoms with Crippen molar-refractivity contribution in [3.63, 3.8) is 0 Å². The van der Waals surface area contributed by atoms with Gasteiger partial charge >= 0.3 is 5.97 Å². The largest absolute Gasteiger partial charge is 0.494 e. The summed E-state index contributed by atoms with van der Waals surface area (Å²) in [6.07, 6.45) is 6.86. The van der Waals surface area contributed by atoms with Crippen LogP contribution in [0.15, 0.2) is 48.5 Å². The lowest BCUT2D eigenvalue weighted by molar-refractivity contribution is 0.0734. The molecule has 0 aliphatic rings. The molecule has 0 saturated heterocycles. The molecule has 2 aromatic rings. The van der Waals surface area contributed by atoms with Crippen LogP contribution in [0.25, 0.3) is 0 Å². The Kier molecular flexibility index (Phi) is 8.03. The maximum absolute atomic E-state index is 12.2. The van der Waals surface area contributed by atoms with E-state index in [-0.39, 0.29) is 5.97 Å². The lowest BCUT2D eigenvalue weighted by Gasteiger charge is -2.08. The Hall–Kier alpha value is -2.29. The fraction of sp³-hybridized carbons (Fsp3) is 0.409. The van der Waals surface area contributed by atoms with Gasteiger partial charge in [-0.1, -0.05) is 45.2 Å². The topological polar surface area (TPSA) is 35.5 Å². The SMILES string of the molecule is CCCCCc1ccc(OC(=O)c2ccc(OCCCC)cc2)cc1. The summed E-state index contributed by atoms with van der Waals surface area (Å²) in [5, 5.41) is 0. The number of carbonyl (C=O) groups excluding carboxylic acids is 1. The van der Waals surface area contributed by atoms with E-state index in [1.165, 1.54) is 24.8 Å². The zero-order valence-corrected chi connectivity index (χ0v) is 15.3. The second kappa shape index (κ2) is 10.5. The van der Waals surface area contributed by atoms with Crippen molar-refractivity contribution in [2.45, 2.75) is 52.4 Å². The smallest absolute Gasteiger partial charge is 0.343 e. The number of carbonyl (C=O) groups is 1. The summed E-state index contributed by atoms with van der Waals surface area (Å²) in [7, 11) is 0. The number of benzene rings is 2. The van der Waals surface area contributed by atoms with E-state index in [9.17, 15) is 4.79 Å². The monoisotopic (exact) mass is 340 g/mol. The summed E-state index contributed by atoms with van der Waals surface area (Å²) in [4.78, 5) is 12.2. The highest BCUT2D eigenvalue weighted by molar-refractivity contribution is 5.91. The van der Waals surface area contributed by atoms with Gasteiger partial charge in [0.1, 0.15) is 11.5 Å². The molecule has 134 valence electrons. The first kappa shape index (κ1) is 19.0. The maximum atomic E-state index is 12.2. The Morgan fingerprint density at radius 1 is 0.800 bits per heavy atom. The van der Waals surface area contributed by atoms with Crippen LogP contribution in [-0.4, -0.2) is 12.6 Å². The Morgan fingerprint density at radius 2 is 1.44 bits per heavy atom. The number of esters is 1. The van der Waals surface area contributed by atoms with Gasteiger partial charge in [0.15, 0.2) is 0 Å². The zero-order valence-electron chi connectivity index (χ0n) is 15.3. The van der Waals surface area contributed by atoms with Gasteiger partial charge < -0.3 is 9.47 Å². The van der Waals surface area contributed by atoms with Gasteiger partial charge in [-0.3, -0.25) is 0 Å². The Labute approximate surface area is 151 Å². The number of hydrogen-bond acceptors (Lipinski definition) is 3. The van der Waals surface area contributed by atoms with Crippen molar-refractivity contribution >= 4 is 5.97 Å². The second-order valence-electron chi connectivity index (χ2n) is 6.22. The second-order valence-corrected chi connectivity index (χ2v) is 6.22. The third-order valence-electron chi connectivity index (χ3n) is 4.06. The predicted molar refractivity (Wildman–Crippen MR) is 101 cm³/mol. The van der Waals surface area contributed by atoms with Gasteiger partial charge in [-0.2, -0.15) is 0 Å². The average Bonchev–Trinajstić information content (AvgIpc) is 2.64. The number of rotatable bonds is 10. The van der Waals surface area contributed by atoms with E-state index in [1.54, 1.807) is 12.1 Å². The molecule has 0 atom stereocenters. The van der Waals surface area contributed by atoms with E-state index in [0.29, 0.717) is 17.9 Å². The highest BCUT2D eigenvalue weighted by atomic mass is 16.5. The molecule has 0 amide bonds. The Balaban J connectivity index is 1.86. The van der Waals surface area contributed by atoms with E-state index in [2.05, 4.69) is 13.8 Å². The Morgan fingerprint density at radius 3 is 2.08 bits per heavy atom. The van der Waals surface area contributed by atoms with Crippen molar-refractivity contribution in [1.82, 2.24) is 0 Å². The van der Waals surface area contributed by atoms with Crippen LogP contribution in [0, 0.1) is 0 Å². The van der Waals surface area contributed by atoms with Gasteiger partial charge in [-0.05, 0) is 61.2 Å². The Bertz CT molecular complexity index is 629. The van der Waals surface area contributed by atoms with Crippen LogP contribution in [0.3, 0.4) is 0 Å². The van der Waals surface area contributed by atoms with E-state index in [1.807, 2.05) is 36.4 Å². The van der Waals surface area contributed by atoms with E-state index in [0.717, 1.165) is 25.0 Å². The molecular weight excluding hydrogens is 312 g/mol. The van der Waals surface area contributed by atoms with Crippen LogP contribution >= 0.6 is 0 Å². The molecule has 0 spiro atoms. The van der Waals surface area contributed by atoms with Crippen molar-refractivity contribution in [2.75, 3.05) is 6.61 Å². The molecule has 3 heteroatoms. The first-order valence-corrected chi connectivity index (χ1v) is 9.27. The summed E-state index contributed by atoms with van der Waals surface area (Å²) >= 11 is 0. The molecule has 0 heterocycles. The molecule has 25 heavy (non-hydrogen) atoms. The lowest BCUT2D eigenvalue weighted by atomic mass is 10.1. The fourth-order valence-electron chi connectivity index (χ4n) is 2.49. The van der Waals surface area contributed by atoms with Gasteiger partial charge in [0.05, 0.1) is 12.2 Å². The third-order valence-corrected chi connectivity index (χ3v) is 4.06. The molecule has 0 aromatic heterocycles. The first-order valence-electron chi connectivity index (χ1n) is 9.27. The van der Waals surface area contributed by atoms with Crippen LogP contribution < -0.4 is 9.47 Å². The number of ether oxygens (including phenoxy) is 2. The minimum atomic E-state index is -0.348. The quantitative estimate of drug-likeness (QED) is 0.311. The molecule has 0 radical (unpaired) electrons. The summed E-state index contributed by atoms with van der Waals surface area (Å²) in [6, 6.07) is 14.9. The minimum absolute atomic E-state index is 0.348. The summed E-state index contributed by atoms with van der Waals surface area (Å²) in [5.41, 5.74) is 1.80. The van der Waals surface area contributed by atoms with Crippen molar-refractivity contribution in [3.05, 3.63) is 59.7 Å². The van der Waals surface area contributed by atoms with Crippen molar-refractivity contribution < 1.29 is 14.3 Å². The molecule has 3 nitrogen and oxygen atoms in total. The zero-order chi connectivity index (χ0) is 17.9. The average molecular weight is 340 g/mol. The molecule has 0 unspecified atom stereocenters. The molecule has 0 saturated carbocycles. The molecule has 0 aliphatic carbocycles. The lowest BCUT2D eigenvalue weighted by Crippen LogP contribution is -2.08. The highest BCUT2D eigenvalue weighted by Crippen LogP contribution is 2.18. The molecule has 0 fully saturated rings. The van der Waals surface area contributed by atoms with Crippen molar-refractivity contribution in [3.8, 4) is 11.5 Å². The van der Waals surface area contributed by atoms with Crippen LogP contribution in [0.5, 0.6) is 11.5 Å². The number of hydrogen-bond donors (Lipinski definition) is 0. The predicted octanol–water partition coefficient (Wildman–Crippen LogP) is 5.82. The standard InChI is InChI=1S/C22H28O3/c1-3-5-7-8-18-9-13-21(14-10-18)25-22(23)19-11-15-20(16-12-19)24-17-6-4-2/h9-16H,3-8,17H2,1-2H3. The van der Waals surface area contributed by atoms with Crippen LogP contribution in [-0.2, 0) is 6.42 Å². The van der Waals surface area contributed by atoms with Gasteiger partial charge in [0.25, 0.3) is 0 Å². The van der Waals surface area contributed by atoms with Gasteiger partial charge in [0.2, 0.25) is 0 Å². The van der Waals surface area contributed by atoms with Gasteiger partial charge in [0, 0.05) is 0 Å². The van der Waals surface area contributed by atoms with Gasteiger partial charge in [-0.25, -0.2) is 4.79 Å². The molecular formula is C22H28O3. The molecule has 0 N–H and O–H groups in total. The molecule has 2 aromatic carbocycles. The third kappa shape index (κ3) is 6.61. The van der Waals surface area contributed by atoms with E-state index >= 15 is 0 Å². The normalized spacial score (nSPS) is 10.5. The number of unbranched alkanes of at least 4 members (excludes halogenated alkanes) is 3. The summed E-state index contributed by atoms with van der Waals surface area (Å²) in [6.45, 7) is 5.03. The molecule has 2 rings (SSSR count). The van der Waals surface area contributed by atoms with Crippen LogP contribution in [0.4, 0.5) is 0 Å². The van der Waals surface area contributed by atoms with Crippen LogP contribution in [0.1, 0.15) is 61.9 Å². The fourth-order valence-corrected chi connectivity index (χ4v) is 2.49. The maximum Gasteiger partial charge on any atom is 0.343 e. The van der Waals surface area contributed by atoms with Crippen molar-refractivity contribution in [2.24, 2.45) is 0 Å².